The molecule has 0 aromatic heterocycles. The highest BCUT2D eigenvalue weighted by molar-refractivity contribution is 7.91. The minimum Gasteiger partial charge on any atom is -0.334 e. The number of amides is 2. The summed E-state index contributed by atoms with van der Waals surface area (Å²) in [5.41, 5.74) is 3.99. The second-order valence-corrected chi connectivity index (χ2v) is 10.1. The zero-order valence-electron chi connectivity index (χ0n) is 17.5. The second kappa shape index (κ2) is 9.05. The maximum atomic E-state index is 12.6. The molecule has 2 amide bonds. The Hall–Kier alpha value is -1.93. The van der Waals surface area contributed by atoms with Crippen LogP contribution in [0.5, 0.6) is 0 Å². The molecule has 1 saturated heterocycles. The Balaban J connectivity index is 1.93. The van der Waals surface area contributed by atoms with E-state index >= 15 is 0 Å². The number of hydrogen-bond donors (Lipinski definition) is 2. The molecule has 1 fully saturated rings. The van der Waals surface area contributed by atoms with E-state index in [1.807, 2.05) is 39.8 Å². The van der Waals surface area contributed by atoms with Crippen molar-refractivity contribution in [3.63, 3.8) is 0 Å². The van der Waals surface area contributed by atoms with Gasteiger partial charge in [-0.05, 0) is 45.2 Å². The van der Waals surface area contributed by atoms with Crippen LogP contribution in [0.2, 0.25) is 0 Å². The summed E-state index contributed by atoms with van der Waals surface area (Å²) in [6.45, 7) is 8.59. The number of rotatable bonds is 7. The van der Waals surface area contributed by atoms with E-state index in [1.54, 1.807) is 11.9 Å². The highest BCUT2D eigenvalue weighted by atomic mass is 32.2. The topological polar surface area (TPSA) is 88.0 Å². The number of anilines is 1. The number of aryl methyl sites for hydroxylation is 3. The molecule has 8 heteroatoms. The number of nitrogens with zero attached hydrogens (tertiary/aromatic N) is 1. The number of quaternary nitrogens is 1. The summed E-state index contributed by atoms with van der Waals surface area (Å²) in [6, 6.07) is 3.80. The first kappa shape index (κ1) is 22.4. The standard InChI is InChI=1S/C20H31N3O4S/c1-6-23(17-7-8-28(26,27)13-17)19(25)12-22(5)11-18(24)21-20-15(3)9-14(2)10-16(20)4/h9-10,17H,6-8,11-13H2,1-5H3,(H,21,24)/p+1/t17-/m1/s1. The highest BCUT2D eigenvalue weighted by Crippen LogP contribution is 2.21. The molecule has 28 heavy (non-hydrogen) atoms. The zero-order chi connectivity index (χ0) is 21.1. The van der Waals surface area contributed by atoms with E-state index in [0.29, 0.717) is 13.0 Å². The molecule has 156 valence electrons. The average Bonchev–Trinajstić information content (AvgIpc) is 2.91. The Labute approximate surface area is 168 Å². The van der Waals surface area contributed by atoms with Gasteiger partial charge in [0.2, 0.25) is 0 Å². The molecule has 0 radical (unpaired) electrons. The van der Waals surface area contributed by atoms with Crippen LogP contribution in [0.1, 0.15) is 30.0 Å². The fraction of sp³-hybridized carbons (Fsp3) is 0.600. The van der Waals surface area contributed by atoms with Gasteiger partial charge in [-0.3, -0.25) is 9.59 Å². The first-order chi connectivity index (χ1) is 13.0. The minimum absolute atomic E-state index is 0.0398. The fourth-order valence-electron chi connectivity index (χ4n) is 3.92. The van der Waals surface area contributed by atoms with Crippen LogP contribution in [-0.4, -0.2) is 69.4 Å². The van der Waals surface area contributed by atoms with E-state index < -0.39 is 9.84 Å². The SMILES string of the molecule is CCN(C(=O)C[NH+](C)CC(=O)Nc1c(C)cc(C)cc1C)[C@@H]1CCS(=O)(=O)C1. The molecule has 2 rings (SSSR count). The summed E-state index contributed by atoms with van der Waals surface area (Å²) in [7, 11) is -1.25. The summed E-state index contributed by atoms with van der Waals surface area (Å²) < 4.78 is 23.4. The average molecular weight is 411 g/mol. The lowest BCUT2D eigenvalue weighted by Crippen LogP contribution is -3.11. The first-order valence-corrected chi connectivity index (χ1v) is 11.5. The van der Waals surface area contributed by atoms with Gasteiger partial charge < -0.3 is 15.1 Å². The van der Waals surface area contributed by atoms with Crippen LogP contribution in [0.4, 0.5) is 5.69 Å². The van der Waals surface area contributed by atoms with Crippen molar-refractivity contribution >= 4 is 27.3 Å². The number of likely N-dealkylation sites (N-methyl/N-ethyl adjacent to an activating group) is 2. The smallest absolute Gasteiger partial charge is 0.279 e. The molecular formula is C20H32N3O4S+. The van der Waals surface area contributed by atoms with Gasteiger partial charge in [-0.15, -0.1) is 0 Å². The van der Waals surface area contributed by atoms with Crippen LogP contribution in [0.15, 0.2) is 12.1 Å². The van der Waals surface area contributed by atoms with Crippen LogP contribution >= 0.6 is 0 Å². The van der Waals surface area contributed by atoms with Crippen LogP contribution in [0.3, 0.4) is 0 Å². The van der Waals surface area contributed by atoms with Gasteiger partial charge in [0.15, 0.2) is 22.9 Å². The molecule has 0 bridgehead atoms. The Kier molecular flexibility index (Phi) is 7.22. The number of carbonyl (C=O) groups excluding carboxylic acids is 2. The van der Waals surface area contributed by atoms with Gasteiger partial charge in [-0.1, -0.05) is 17.7 Å². The fourth-order valence-corrected chi connectivity index (χ4v) is 5.65. The quantitative estimate of drug-likeness (QED) is 0.667. The van der Waals surface area contributed by atoms with Crippen molar-refractivity contribution in [3.05, 3.63) is 28.8 Å². The molecule has 1 aromatic carbocycles. The maximum Gasteiger partial charge on any atom is 0.279 e. The normalized spacial score (nSPS) is 19.2. The summed E-state index contributed by atoms with van der Waals surface area (Å²) in [6.07, 6.45) is 0.493. The van der Waals surface area contributed by atoms with Gasteiger partial charge in [-0.2, -0.15) is 0 Å². The van der Waals surface area contributed by atoms with Gasteiger partial charge in [-0.25, -0.2) is 8.42 Å². The molecule has 0 saturated carbocycles. The Morgan fingerprint density at radius 2 is 1.79 bits per heavy atom. The maximum absolute atomic E-state index is 12.6. The monoisotopic (exact) mass is 410 g/mol. The molecule has 0 spiro atoms. The Bertz CT molecular complexity index is 828. The van der Waals surface area contributed by atoms with Gasteiger partial charge in [0.1, 0.15) is 0 Å². The lowest BCUT2D eigenvalue weighted by molar-refractivity contribution is -0.862. The molecule has 1 aliphatic rings. The summed E-state index contributed by atoms with van der Waals surface area (Å²) in [5, 5.41) is 2.95. The van der Waals surface area contributed by atoms with Crippen molar-refractivity contribution in [2.75, 3.05) is 43.5 Å². The van der Waals surface area contributed by atoms with Gasteiger partial charge in [0, 0.05) is 18.3 Å². The van der Waals surface area contributed by atoms with Crippen LogP contribution in [0, 0.1) is 20.8 Å². The third-order valence-electron chi connectivity index (χ3n) is 5.17. The molecular weight excluding hydrogens is 378 g/mol. The van der Waals surface area contributed by atoms with Crippen molar-refractivity contribution in [2.24, 2.45) is 0 Å². The predicted molar refractivity (Wildman–Crippen MR) is 110 cm³/mol. The van der Waals surface area contributed by atoms with Crippen LogP contribution in [0.25, 0.3) is 0 Å². The summed E-state index contributed by atoms with van der Waals surface area (Å²) >= 11 is 0. The molecule has 7 nitrogen and oxygen atoms in total. The van der Waals surface area contributed by atoms with Crippen molar-refractivity contribution in [1.82, 2.24) is 4.90 Å². The van der Waals surface area contributed by atoms with Crippen molar-refractivity contribution in [2.45, 2.75) is 40.2 Å². The van der Waals surface area contributed by atoms with Crippen LogP contribution < -0.4 is 10.2 Å². The predicted octanol–water partition coefficient (Wildman–Crippen LogP) is 0.101. The molecule has 0 aliphatic carbocycles. The van der Waals surface area contributed by atoms with E-state index in [9.17, 15) is 18.0 Å². The first-order valence-electron chi connectivity index (χ1n) is 9.71. The number of benzene rings is 1. The van der Waals surface area contributed by atoms with Gasteiger partial charge in [0.25, 0.3) is 11.8 Å². The second-order valence-electron chi connectivity index (χ2n) is 7.87. The van der Waals surface area contributed by atoms with E-state index in [-0.39, 0.29) is 42.5 Å². The highest BCUT2D eigenvalue weighted by Gasteiger charge is 2.34. The molecule has 1 heterocycles. The van der Waals surface area contributed by atoms with Gasteiger partial charge in [0.05, 0.1) is 18.6 Å². The van der Waals surface area contributed by atoms with Crippen molar-refractivity contribution < 1.29 is 22.9 Å². The molecule has 2 N–H and O–H groups in total. The lowest BCUT2D eigenvalue weighted by Gasteiger charge is -2.27. The van der Waals surface area contributed by atoms with Gasteiger partial charge >= 0.3 is 0 Å². The summed E-state index contributed by atoms with van der Waals surface area (Å²) in [4.78, 5) is 27.5. The minimum atomic E-state index is -3.04. The number of hydrogen-bond acceptors (Lipinski definition) is 4. The lowest BCUT2D eigenvalue weighted by atomic mass is 10.1. The van der Waals surface area contributed by atoms with Crippen LogP contribution in [-0.2, 0) is 19.4 Å². The van der Waals surface area contributed by atoms with E-state index in [4.69, 9.17) is 0 Å². The number of carbonyl (C=O) groups is 2. The third-order valence-corrected chi connectivity index (χ3v) is 6.92. The number of sulfone groups is 1. The Morgan fingerprint density at radius 3 is 2.29 bits per heavy atom. The molecule has 2 atom stereocenters. The molecule has 1 aromatic rings. The Morgan fingerprint density at radius 1 is 1.18 bits per heavy atom. The third kappa shape index (κ3) is 5.78. The molecule has 1 aliphatic heterocycles. The summed E-state index contributed by atoms with van der Waals surface area (Å²) in [5.74, 6) is -0.0793. The van der Waals surface area contributed by atoms with E-state index in [1.165, 1.54) is 0 Å². The zero-order valence-corrected chi connectivity index (χ0v) is 18.3. The molecule has 1 unspecified atom stereocenters. The van der Waals surface area contributed by atoms with E-state index in [2.05, 4.69) is 5.32 Å². The largest absolute Gasteiger partial charge is 0.334 e. The van der Waals surface area contributed by atoms with Crippen molar-refractivity contribution in [3.8, 4) is 0 Å². The number of nitrogens with one attached hydrogen (secondary N) is 2. The van der Waals surface area contributed by atoms with E-state index in [0.717, 1.165) is 27.3 Å². The van der Waals surface area contributed by atoms with Crippen molar-refractivity contribution in [1.29, 1.82) is 0 Å².